The first-order valence-corrected chi connectivity index (χ1v) is 11.1. The molecule has 1 amide bonds. The highest BCUT2D eigenvalue weighted by atomic mass is 16.2. The number of fused-ring (bicyclic) bond motifs is 3. The Bertz CT molecular complexity index is 1350. The number of carbonyl (C=O) groups is 2. The maximum absolute atomic E-state index is 14.0. The summed E-state index contributed by atoms with van der Waals surface area (Å²) in [4.78, 5) is 29.4. The molecule has 1 fully saturated rings. The maximum Gasteiger partial charge on any atom is 0.290 e. The molecule has 0 bridgehead atoms. The number of para-hydroxylation sites is 2. The average molecular weight is 431 g/mol. The number of ketones is 1. The summed E-state index contributed by atoms with van der Waals surface area (Å²) in [6.07, 6.45) is 0.403. The van der Waals surface area contributed by atoms with Crippen molar-refractivity contribution in [1.82, 2.24) is 5.32 Å². The second-order valence-corrected chi connectivity index (χ2v) is 8.62. The predicted octanol–water partition coefficient (Wildman–Crippen LogP) is 4.87. The standard InChI is InChI=1S/C29H22N2O2/c32-26-27(33)30-29(22-14-6-2-7-15-22)28(26,20-21-12-4-1-5-13-21)24-18-10-11-19-25(24)31(29)23-16-8-3-9-17-23/h1-19H,20H2,(H,30,33). The van der Waals surface area contributed by atoms with Crippen molar-refractivity contribution in [2.24, 2.45) is 0 Å². The number of benzene rings is 4. The Hall–Kier alpha value is -4.18. The van der Waals surface area contributed by atoms with E-state index in [-0.39, 0.29) is 0 Å². The largest absolute Gasteiger partial charge is 0.321 e. The molecule has 6 rings (SSSR count). The maximum atomic E-state index is 14.0. The molecule has 0 radical (unpaired) electrons. The van der Waals surface area contributed by atoms with E-state index in [0.29, 0.717) is 6.42 Å². The summed E-state index contributed by atoms with van der Waals surface area (Å²) < 4.78 is 0. The average Bonchev–Trinajstić information content (AvgIpc) is 3.24. The van der Waals surface area contributed by atoms with Crippen LogP contribution < -0.4 is 10.2 Å². The zero-order chi connectivity index (χ0) is 22.5. The Balaban J connectivity index is 1.74. The van der Waals surface area contributed by atoms with Crippen LogP contribution in [-0.4, -0.2) is 11.7 Å². The molecule has 2 aliphatic rings. The van der Waals surface area contributed by atoms with E-state index in [4.69, 9.17) is 0 Å². The molecule has 33 heavy (non-hydrogen) atoms. The first-order chi connectivity index (χ1) is 16.2. The zero-order valence-electron chi connectivity index (χ0n) is 17.9. The lowest BCUT2D eigenvalue weighted by molar-refractivity contribution is -0.137. The highest BCUT2D eigenvalue weighted by Crippen LogP contribution is 2.62. The van der Waals surface area contributed by atoms with Crippen molar-refractivity contribution < 1.29 is 9.59 Å². The Morgan fingerprint density at radius 1 is 0.667 bits per heavy atom. The van der Waals surface area contributed by atoms with E-state index in [1.54, 1.807) is 0 Å². The molecule has 1 N–H and O–H groups in total. The SMILES string of the molecule is O=C1NC2(c3ccccc3)N(c3ccccc3)c3ccccc3C2(Cc2ccccc2)C1=O. The minimum Gasteiger partial charge on any atom is -0.321 e. The second-order valence-electron chi connectivity index (χ2n) is 8.62. The minimum absolute atomic E-state index is 0.402. The predicted molar refractivity (Wildman–Crippen MR) is 128 cm³/mol. The Kier molecular flexibility index (Phi) is 4.24. The number of hydrogen-bond acceptors (Lipinski definition) is 3. The van der Waals surface area contributed by atoms with Crippen LogP contribution >= 0.6 is 0 Å². The molecule has 0 aromatic heterocycles. The summed E-state index contributed by atoms with van der Waals surface area (Å²) in [6, 6.07) is 37.8. The minimum atomic E-state index is -1.13. The lowest BCUT2D eigenvalue weighted by Gasteiger charge is -2.45. The second kappa shape index (κ2) is 7.17. The highest BCUT2D eigenvalue weighted by molar-refractivity contribution is 6.43. The first kappa shape index (κ1) is 19.5. The van der Waals surface area contributed by atoms with Crippen molar-refractivity contribution >= 4 is 23.1 Å². The molecule has 4 aromatic rings. The molecule has 4 aromatic carbocycles. The van der Waals surface area contributed by atoms with Gasteiger partial charge in [0.1, 0.15) is 5.41 Å². The van der Waals surface area contributed by atoms with Crippen LogP contribution in [-0.2, 0) is 27.1 Å². The summed E-state index contributed by atoms with van der Waals surface area (Å²) in [7, 11) is 0. The van der Waals surface area contributed by atoms with E-state index in [9.17, 15) is 9.59 Å². The van der Waals surface area contributed by atoms with Crippen molar-refractivity contribution in [1.29, 1.82) is 0 Å². The van der Waals surface area contributed by atoms with Crippen LogP contribution in [0.2, 0.25) is 0 Å². The quantitative estimate of drug-likeness (QED) is 0.470. The molecular formula is C29H22N2O2. The molecule has 2 aliphatic heterocycles. The van der Waals surface area contributed by atoms with Crippen molar-refractivity contribution in [3.8, 4) is 0 Å². The van der Waals surface area contributed by atoms with Gasteiger partial charge in [0, 0.05) is 11.4 Å². The van der Waals surface area contributed by atoms with E-state index >= 15 is 0 Å². The van der Waals surface area contributed by atoms with E-state index in [0.717, 1.165) is 28.1 Å². The van der Waals surface area contributed by atoms with Crippen LogP contribution in [0.1, 0.15) is 16.7 Å². The number of nitrogens with zero attached hydrogens (tertiary/aromatic N) is 1. The summed E-state index contributed by atoms with van der Waals surface area (Å²) in [5.41, 5.74) is 2.37. The summed E-state index contributed by atoms with van der Waals surface area (Å²) >= 11 is 0. The van der Waals surface area contributed by atoms with Gasteiger partial charge >= 0.3 is 0 Å². The molecule has 4 heteroatoms. The lowest BCUT2D eigenvalue weighted by Crippen LogP contribution is -2.59. The Labute approximate surface area is 192 Å². The smallest absolute Gasteiger partial charge is 0.290 e. The van der Waals surface area contributed by atoms with Gasteiger partial charge in [-0.1, -0.05) is 97.1 Å². The molecule has 1 saturated heterocycles. The first-order valence-electron chi connectivity index (χ1n) is 11.1. The van der Waals surface area contributed by atoms with Gasteiger partial charge in [0.05, 0.1) is 0 Å². The number of amides is 1. The fraction of sp³-hybridized carbons (Fsp3) is 0.103. The van der Waals surface area contributed by atoms with Crippen LogP contribution in [0.4, 0.5) is 11.4 Å². The molecule has 2 atom stereocenters. The number of nitrogens with one attached hydrogen (secondary N) is 1. The van der Waals surface area contributed by atoms with E-state index < -0.39 is 22.8 Å². The van der Waals surface area contributed by atoms with Crippen LogP contribution in [0, 0.1) is 0 Å². The highest BCUT2D eigenvalue weighted by Gasteiger charge is 2.73. The monoisotopic (exact) mass is 430 g/mol. The number of carbonyl (C=O) groups excluding carboxylic acids is 2. The van der Waals surface area contributed by atoms with Crippen molar-refractivity contribution in [2.45, 2.75) is 17.5 Å². The van der Waals surface area contributed by atoms with E-state index in [2.05, 4.69) is 10.2 Å². The third kappa shape index (κ3) is 2.52. The third-order valence-electron chi connectivity index (χ3n) is 6.96. The molecule has 0 aliphatic carbocycles. The van der Waals surface area contributed by atoms with Crippen molar-refractivity contribution in [2.75, 3.05) is 4.90 Å². The zero-order valence-corrected chi connectivity index (χ0v) is 17.9. The van der Waals surface area contributed by atoms with Gasteiger partial charge in [-0.15, -0.1) is 0 Å². The van der Waals surface area contributed by atoms with E-state index in [1.807, 2.05) is 115 Å². The molecule has 2 unspecified atom stereocenters. The van der Waals surface area contributed by atoms with Gasteiger partial charge in [-0.2, -0.15) is 0 Å². The number of rotatable bonds is 4. The summed E-state index contributed by atoms with van der Waals surface area (Å²) in [5.74, 6) is -0.952. The van der Waals surface area contributed by atoms with Crippen molar-refractivity contribution in [3.63, 3.8) is 0 Å². The van der Waals surface area contributed by atoms with E-state index in [1.165, 1.54) is 0 Å². The molecule has 2 heterocycles. The van der Waals surface area contributed by atoms with Gasteiger partial charge in [-0.3, -0.25) is 9.59 Å². The van der Waals surface area contributed by atoms with Gasteiger partial charge in [-0.25, -0.2) is 0 Å². The molecule has 0 spiro atoms. The number of anilines is 2. The number of Topliss-reactive ketones (excluding diaryl/α,β-unsaturated/α-hetero) is 1. The Morgan fingerprint density at radius 2 is 1.24 bits per heavy atom. The molecular weight excluding hydrogens is 408 g/mol. The summed E-state index contributed by atoms with van der Waals surface area (Å²) in [5, 5.41) is 3.19. The fourth-order valence-corrected chi connectivity index (χ4v) is 5.70. The topological polar surface area (TPSA) is 49.4 Å². The van der Waals surface area contributed by atoms with Crippen LogP contribution in [0.15, 0.2) is 115 Å². The third-order valence-corrected chi connectivity index (χ3v) is 6.96. The Morgan fingerprint density at radius 3 is 1.94 bits per heavy atom. The number of hydrogen-bond donors (Lipinski definition) is 1. The summed E-state index contributed by atoms with van der Waals surface area (Å²) in [6.45, 7) is 0. The van der Waals surface area contributed by atoms with Gasteiger partial charge in [-0.05, 0) is 41.3 Å². The van der Waals surface area contributed by atoms with Gasteiger partial charge in [0.15, 0.2) is 5.66 Å². The normalized spacial score (nSPS) is 23.2. The lowest BCUT2D eigenvalue weighted by atomic mass is 9.65. The fourth-order valence-electron chi connectivity index (χ4n) is 5.70. The van der Waals surface area contributed by atoms with Crippen LogP contribution in [0.3, 0.4) is 0 Å². The molecule has 0 saturated carbocycles. The van der Waals surface area contributed by atoms with Crippen LogP contribution in [0.25, 0.3) is 0 Å². The van der Waals surface area contributed by atoms with Crippen molar-refractivity contribution in [3.05, 3.63) is 132 Å². The van der Waals surface area contributed by atoms with Crippen LogP contribution in [0.5, 0.6) is 0 Å². The van der Waals surface area contributed by atoms with Gasteiger partial charge < -0.3 is 10.2 Å². The molecule has 160 valence electrons. The molecule has 4 nitrogen and oxygen atoms in total. The van der Waals surface area contributed by atoms with Gasteiger partial charge in [0.25, 0.3) is 5.91 Å². The van der Waals surface area contributed by atoms with Gasteiger partial charge in [0.2, 0.25) is 5.78 Å².